The van der Waals surface area contributed by atoms with E-state index in [1.807, 2.05) is 6.07 Å². The molecule has 6 nitrogen and oxygen atoms in total. The lowest BCUT2D eigenvalue weighted by Gasteiger charge is -2.18. The van der Waals surface area contributed by atoms with Gasteiger partial charge in [-0.2, -0.15) is 0 Å². The maximum Gasteiger partial charge on any atom is 0.341 e. The Balaban J connectivity index is 1.69. The maximum atomic E-state index is 12.4. The fourth-order valence-electron chi connectivity index (χ4n) is 3.14. The van der Waals surface area contributed by atoms with Gasteiger partial charge in [-0.05, 0) is 49.8 Å². The van der Waals surface area contributed by atoms with Crippen molar-refractivity contribution >= 4 is 28.2 Å². The van der Waals surface area contributed by atoms with E-state index >= 15 is 0 Å². The van der Waals surface area contributed by atoms with Gasteiger partial charge >= 0.3 is 5.97 Å². The van der Waals surface area contributed by atoms with Gasteiger partial charge in [-0.25, -0.2) is 4.79 Å². The molecule has 0 bridgehead atoms. The maximum absolute atomic E-state index is 12.4. The van der Waals surface area contributed by atoms with Crippen molar-refractivity contribution in [1.82, 2.24) is 5.32 Å². The average molecular weight is 376 g/mol. The van der Waals surface area contributed by atoms with Crippen LogP contribution in [0.2, 0.25) is 0 Å². The molecule has 0 radical (unpaired) electrons. The van der Waals surface area contributed by atoms with Crippen molar-refractivity contribution in [3.63, 3.8) is 0 Å². The second-order valence-corrected chi connectivity index (χ2v) is 7.61. The number of ether oxygens (including phenoxy) is 1. The number of hydrogen-bond acceptors (Lipinski definition) is 6. The molecule has 1 unspecified atom stereocenters. The van der Waals surface area contributed by atoms with Gasteiger partial charge in [0.25, 0.3) is 0 Å². The number of hydrogen-bond donors (Lipinski definition) is 2. The molecule has 26 heavy (non-hydrogen) atoms. The minimum absolute atomic E-state index is 0.141. The number of esters is 1. The first kappa shape index (κ1) is 18.7. The molecule has 1 amide bonds. The van der Waals surface area contributed by atoms with Crippen LogP contribution in [0.25, 0.3) is 0 Å². The standard InChI is InChI=1S/C19H24N2O4S/c1-3-24-19(23)17-14-7-6-12(2)9-15(14)26-18(17)21-16(22)11-20-10-13-5-4-8-25-13/h4-5,8,12,20H,3,6-7,9-11H2,1-2H3,(H,21,22). The van der Waals surface area contributed by atoms with Gasteiger partial charge in [0.05, 0.1) is 31.5 Å². The topological polar surface area (TPSA) is 80.6 Å². The monoisotopic (exact) mass is 376 g/mol. The summed E-state index contributed by atoms with van der Waals surface area (Å²) in [7, 11) is 0. The van der Waals surface area contributed by atoms with Gasteiger partial charge in [-0.15, -0.1) is 11.3 Å². The summed E-state index contributed by atoms with van der Waals surface area (Å²) in [5, 5.41) is 6.52. The van der Waals surface area contributed by atoms with Crippen LogP contribution in [0.5, 0.6) is 0 Å². The molecule has 0 saturated heterocycles. The van der Waals surface area contributed by atoms with Crippen LogP contribution in [0.4, 0.5) is 5.00 Å². The third kappa shape index (κ3) is 4.34. The van der Waals surface area contributed by atoms with Crippen molar-refractivity contribution in [2.24, 2.45) is 5.92 Å². The van der Waals surface area contributed by atoms with Gasteiger partial charge in [0.15, 0.2) is 0 Å². The zero-order valence-corrected chi connectivity index (χ0v) is 15.9. The normalized spacial score (nSPS) is 16.2. The van der Waals surface area contributed by atoms with Crippen molar-refractivity contribution in [3.8, 4) is 0 Å². The van der Waals surface area contributed by atoms with Crippen LogP contribution in [0, 0.1) is 5.92 Å². The number of carbonyl (C=O) groups is 2. The molecule has 1 aliphatic rings. The van der Waals surface area contributed by atoms with Crippen molar-refractivity contribution < 1.29 is 18.7 Å². The summed E-state index contributed by atoms with van der Waals surface area (Å²) in [4.78, 5) is 25.9. The Labute approximate surface area is 156 Å². The van der Waals surface area contributed by atoms with E-state index < -0.39 is 0 Å². The molecule has 0 fully saturated rings. The van der Waals surface area contributed by atoms with Gasteiger partial charge in [0.1, 0.15) is 10.8 Å². The number of carbonyl (C=O) groups excluding carboxylic acids is 2. The Hall–Kier alpha value is -2.12. The molecule has 7 heteroatoms. The fraction of sp³-hybridized carbons (Fsp3) is 0.474. The van der Waals surface area contributed by atoms with Gasteiger partial charge in [-0.1, -0.05) is 6.92 Å². The molecule has 1 aliphatic carbocycles. The smallest absolute Gasteiger partial charge is 0.341 e. The molecule has 1 atom stereocenters. The summed E-state index contributed by atoms with van der Waals surface area (Å²) in [6.07, 6.45) is 4.45. The molecular weight excluding hydrogens is 352 g/mol. The number of nitrogens with one attached hydrogen (secondary N) is 2. The van der Waals surface area contributed by atoms with Gasteiger partial charge in [0, 0.05) is 4.88 Å². The zero-order valence-electron chi connectivity index (χ0n) is 15.1. The highest BCUT2D eigenvalue weighted by Crippen LogP contribution is 2.40. The second kappa shape index (κ2) is 8.51. The molecule has 3 rings (SSSR count). The zero-order chi connectivity index (χ0) is 18.5. The van der Waals surface area contributed by atoms with Crippen LogP contribution in [0.3, 0.4) is 0 Å². The average Bonchev–Trinajstić information content (AvgIpc) is 3.22. The van der Waals surface area contributed by atoms with Crippen LogP contribution < -0.4 is 10.6 Å². The number of thiophene rings is 1. The number of amides is 1. The quantitative estimate of drug-likeness (QED) is 0.724. The summed E-state index contributed by atoms with van der Waals surface area (Å²) in [5.41, 5.74) is 1.59. The Morgan fingerprint density at radius 3 is 3.00 bits per heavy atom. The largest absolute Gasteiger partial charge is 0.468 e. The van der Waals surface area contributed by atoms with Gasteiger partial charge in [0.2, 0.25) is 5.91 Å². The van der Waals surface area contributed by atoms with Gasteiger partial charge < -0.3 is 19.8 Å². The van der Waals surface area contributed by atoms with E-state index in [9.17, 15) is 9.59 Å². The van der Waals surface area contributed by atoms with Crippen molar-refractivity contribution in [3.05, 3.63) is 40.2 Å². The number of anilines is 1. The highest BCUT2D eigenvalue weighted by molar-refractivity contribution is 7.17. The number of furan rings is 1. The highest BCUT2D eigenvalue weighted by atomic mass is 32.1. The van der Waals surface area contributed by atoms with E-state index in [2.05, 4.69) is 17.6 Å². The first-order chi connectivity index (χ1) is 12.6. The van der Waals surface area contributed by atoms with E-state index in [0.29, 0.717) is 29.6 Å². The summed E-state index contributed by atoms with van der Waals surface area (Å²) < 4.78 is 10.4. The third-order valence-electron chi connectivity index (χ3n) is 4.41. The van der Waals surface area contributed by atoms with E-state index in [4.69, 9.17) is 9.15 Å². The first-order valence-electron chi connectivity index (χ1n) is 8.93. The molecular formula is C19H24N2O4S. The SMILES string of the molecule is CCOC(=O)c1c(NC(=O)CNCc2ccco2)sc2c1CCC(C)C2. The predicted octanol–water partition coefficient (Wildman–Crippen LogP) is 3.37. The van der Waals surface area contributed by atoms with Crippen LogP contribution in [0.15, 0.2) is 22.8 Å². The molecule has 0 aromatic carbocycles. The summed E-state index contributed by atoms with van der Waals surface area (Å²) in [6.45, 7) is 4.93. The van der Waals surface area contributed by atoms with Crippen LogP contribution in [-0.2, 0) is 28.9 Å². The lowest BCUT2D eigenvalue weighted by molar-refractivity contribution is -0.115. The van der Waals surface area contributed by atoms with E-state index in [1.165, 1.54) is 16.2 Å². The summed E-state index contributed by atoms with van der Waals surface area (Å²) >= 11 is 1.50. The molecule has 2 aromatic heterocycles. The van der Waals surface area contributed by atoms with Gasteiger partial charge in [-0.3, -0.25) is 4.79 Å². The van der Waals surface area contributed by atoms with E-state index in [1.54, 1.807) is 19.3 Å². The molecule has 0 aliphatic heterocycles. The number of fused-ring (bicyclic) bond motifs is 1. The van der Waals surface area contributed by atoms with Crippen LogP contribution in [0.1, 0.15) is 46.8 Å². The van der Waals surface area contributed by atoms with Crippen molar-refractivity contribution in [1.29, 1.82) is 0 Å². The molecule has 0 saturated carbocycles. The first-order valence-corrected chi connectivity index (χ1v) is 9.74. The number of rotatable bonds is 7. The lowest BCUT2D eigenvalue weighted by atomic mass is 9.88. The second-order valence-electron chi connectivity index (χ2n) is 6.51. The minimum atomic E-state index is -0.349. The molecule has 2 N–H and O–H groups in total. The van der Waals surface area contributed by atoms with Crippen LogP contribution >= 0.6 is 11.3 Å². The van der Waals surface area contributed by atoms with Crippen LogP contribution in [-0.4, -0.2) is 25.0 Å². The molecule has 2 aromatic rings. The minimum Gasteiger partial charge on any atom is -0.468 e. The van der Waals surface area contributed by atoms with E-state index in [0.717, 1.165) is 30.6 Å². The summed E-state index contributed by atoms with van der Waals surface area (Å²) in [6, 6.07) is 3.65. The predicted molar refractivity (Wildman–Crippen MR) is 101 cm³/mol. The Bertz CT molecular complexity index is 767. The Kier molecular flexibility index (Phi) is 6.11. The Morgan fingerprint density at radius 2 is 2.27 bits per heavy atom. The fourth-order valence-corrected chi connectivity index (χ4v) is 4.56. The lowest BCUT2D eigenvalue weighted by Crippen LogP contribution is -2.28. The summed E-state index contributed by atoms with van der Waals surface area (Å²) in [5.74, 6) is 0.826. The molecule has 2 heterocycles. The molecule has 140 valence electrons. The van der Waals surface area contributed by atoms with E-state index in [-0.39, 0.29) is 18.4 Å². The molecule has 0 spiro atoms. The Morgan fingerprint density at radius 1 is 1.42 bits per heavy atom. The van der Waals surface area contributed by atoms with Crippen molar-refractivity contribution in [2.45, 2.75) is 39.7 Å². The van der Waals surface area contributed by atoms with Crippen molar-refractivity contribution in [2.75, 3.05) is 18.5 Å². The highest BCUT2D eigenvalue weighted by Gasteiger charge is 2.29. The third-order valence-corrected chi connectivity index (χ3v) is 5.58.